The second-order valence-corrected chi connectivity index (χ2v) is 4.73. The third-order valence-corrected chi connectivity index (χ3v) is 3.32. The highest BCUT2D eigenvalue weighted by Crippen LogP contribution is 2.17. The van der Waals surface area contributed by atoms with Crippen LogP contribution in [-0.4, -0.2) is 25.0 Å². The molecule has 4 heteroatoms. The number of hydrogen-bond donors (Lipinski definition) is 1. The van der Waals surface area contributed by atoms with E-state index in [2.05, 4.69) is 0 Å². The van der Waals surface area contributed by atoms with E-state index in [1.165, 1.54) is 0 Å². The van der Waals surface area contributed by atoms with Crippen LogP contribution in [0, 0.1) is 5.41 Å². The molecule has 0 atom stereocenters. The summed E-state index contributed by atoms with van der Waals surface area (Å²) in [5.41, 5.74) is 2.24. The molecule has 0 bridgehead atoms. The molecule has 2 aromatic rings. The van der Waals surface area contributed by atoms with Crippen molar-refractivity contribution in [3.05, 3.63) is 65.7 Å². The minimum Gasteiger partial charge on any atom is -0.462 e. The standard InChI is InChI=1S/C18H20N2O2/c1-3-20(16-8-6-5-7-9-16)17(19)14-10-12-15(13-11-14)18(21)22-4-2/h5-13,19H,3-4H2,1-2H3. The van der Waals surface area contributed by atoms with E-state index in [0.29, 0.717) is 24.6 Å². The van der Waals surface area contributed by atoms with Crippen LogP contribution in [0.4, 0.5) is 5.69 Å². The minimum atomic E-state index is -0.337. The molecule has 0 saturated carbocycles. The fraction of sp³-hybridized carbons (Fsp3) is 0.222. The number of esters is 1. The molecule has 0 aromatic heterocycles. The first kappa shape index (κ1) is 15.8. The van der Waals surface area contributed by atoms with Gasteiger partial charge in [-0.3, -0.25) is 5.41 Å². The van der Waals surface area contributed by atoms with Crippen LogP contribution in [0.25, 0.3) is 0 Å². The van der Waals surface area contributed by atoms with Gasteiger partial charge >= 0.3 is 5.97 Å². The van der Waals surface area contributed by atoms with Crippen molar-refractivity contribution in [1.29, 1.82) is 5.41 Å². The predicted octanol–water partition coefficient (Wildman–Crippen LogP) is 3.72. The van der Waals surface area contributed by atoms with Gasteiger partial charge in [0, 0.05) is 17.8 Å². The van der Waals surface area contributed by atoms with Gasteiger partial charge < -0.3 is 9.64 Å². The second kappa shape index (κ2) is 7.41. The third-order valence-electron chi connectivity index (χ3n) is 3.32. The molecule has 0 radical (unpaired) electrons. The number of nitrogens with one attached hydrogen (secondary N) is 1. The number of anilines is 1. The molecule has 1 N–H and O–H groups in total. The molecule has 0 fully saturated rings. The molecule has 0 unspecified atom stereocenters. The molecule has 0 heterocycles. The Morgan fingerprint density at radius 3 is 2.14 bits per heavy atom. The van der Waals surface area contributed by atoms with Crippen molar-refractivity contribution in [2.24, 2.45) is 0 Å². The van der Waals surface area contributed by atoms with E-state index >= 15 is 0 Å². The highest BCUT2D eigenvalue weighted by atomic mass is 16.5. The normalized spacial score (nSPS) is 10.1. The quantitative estimate of drug-likeness (QED) is 0.520. The van der Waals surface area contributed by atoms with Crippen molar-refractivity contribution in [3.8, 4) is 0 Å². The average Bonchev–Trinajstić information content (AvgIpc) is 2.57. The second-order valence-electron chi connectivity index (χ2n) is 4.73. The summed E-state index contributed by atoms with van der Waals surface area (Å²) in [6.45, 7) is 4.84. The van der Waals surface area contributed by atoms with E-state index in [1.807, 2.05) is 42.2 Å². The molecule has 2 rings (SSSR count). The molecular weight excluding hydrogens is 276 g/mol. The summed E-state index contributed by atoms with van der Waals surface area (Å²) in [6, 6.07) is 16.8. The largest absolute Gasteiger partial charge is 0.462 e. The summed E-state index contributed by atoms with van der Waals surface area (Å²) in [4.78, 5) is 13.6. The predicted molar refractivity (Wildman–Crippen MR) is 88.7 cm³/mol. The lowest BCUT2D eigenvalue weighted by molar-refractivity contribution is 0.0526. The van der Waals surface area contributed by atoms with Crippen LogP contribution in [0.1, 0.15) is 29.8 Å². The van der Waals surface area contributed by atoms with Crippen LogP contribution in [-0.2, 0) is 4.74 Å². The maximum absolute atomic E-state index is 11.7. The highest BCUT2D eigenvalue weighted by molar-refractivity contribution is 6.08. The van der Waals surface area contributed by atoms with Gasteiger partial charge in [-0.05, 0) is 38.1 Å². The highest BCUT2D eigenvalue weighted by Gasteiger charge is 2.13. The molecule has 0 aliphatic heterocycles. The lowest BCUT2D eigenvalue weighted by Crippen LogP contribution is -2.30. The molecule has 0 spiro atoms. The van der Waals surface area contributed by atoms with Gasteiger partial charge in [-0.25, -0.2) is 4.79 Å². The number of ether oxygens (including phenoxy) is 1. The van der Waals surface area contributed by atoms with Gasteiger partial charge in [0.2, 0.25) is 0 Å². The van der Waals surface area contributed by atoms with Crippen molar-refractivity contribution in [3.63, 3.8) is 0 Å². The summed E-state index contributed by atoms with van der Waals surface area (Å²) >= 11 is 0. The Labute approximate surface area is 130 Å². The number of carbonyl (C=O) groups excluding carboxylic acids is 1. The zero-order valence-electron chi connectivity index (χ0n) is 12.9. The van der Waals surface area contributed by atoms with Crippen molar-refractivity contribution in [2.75, 3.05) is 18.1 Å². The van der Waals surface area contributed by atoms with Crippen LogP contribution < -0.4 is 4.90 Å². The Kier molecular flexibility index (Phi) is 5.31. The maximum atomic E-state index is 11.7. The molecule has 22 heavy (non-hydrogen) atoms. The molecule has 114 valence electrons. The topological polar surface area (TPSA) is 53.4 Å². The van der Waals surface area contributed by atoms with Crippen molar-refractivity contribution < 1.29 is 9.53 Å². The van der Waals surface area contributed by atoms with Crippen LogP contribution in [0.2, 0.25) is 0 Å². The van der Waals surface area contributed by atoms with Crippen LogP contribution in [0.5, 0.6) is 0 Å². The van der Waals surface area contributed by atoms with Crippen LogP contribution in [0.15, 0.2) is 54.6 Å². The molecular formula is C18H20N2O2. The summed E-state index contributed by atoms with van der Waals surface area (Å²) < 4.78 is 4.96. The van der Waals surface area contributed by atoms with Crippen molar-refractivity contribution in [1.82, 2.24) is 0 Å². The molecule has 0 aliphatic rings. The first-order valence-corrected chi connectivity index (χ1v) is 7.36. The fourth-order valence-corrected chi connectivity index (χ4v) is 2.21. The number of amidine groups is 1. The van der Waals surface area contributed by atoms with E-state index in [-0.39, 0.29) is 5.97 Å². The number of rotatable bonds is 5. The Balaban J connectivity index is 2.20. The van der Waals surface area contributed by atoms with Gasteiger partial charge in [0.25, 0.3) is 0 Å². The molecule has 0 saturated heterocycles. The van der Waals surface area contributed by atoms with Gasteiger partial charge in [0.05, 0.1) is 12.2 Å². The number of hydrogen-bond acceptors (Lipinski definition) is 3. The third kappa shape index (κ3) is 3.52. The van der Waals surface area contributed by atoms with E-state index in [1.54, 1.807) is 31.2 Å². The Morgan fingerprint density at radius 1 is 1.00 bits per heavy atom. The van der Waals surface area contributed by atoms with Gasteiger partial charge in [-0.1, -0.05) is 30.3 Å². The Bertz CT molecular complexity index is 636. The number of benzene rings is 2. The van der Waals surface area contributed by atoms with Crippen LogP contribution >= 0.6 is 0 Å². The monoisotopic (exact) mass is 296 g/mol. The first-order chi connectivity index (χ1) is 10.7. The van der Waals surface area contributed by atoms with E-state index in [9.17, 15) is 4.79 Å². The van der Waals surface area contributed by atoms with Gasteiger partial charge in [0.15, 0.2) is 0 Å². The Morgan fingerprint density at radius 2 is 1.59 bits per heavy atom. The number of nitrogens with zero attached hydrogens (tertiary/aromatic N) is 1. The molecule has 2 aromatic carbocycles. The average molecular weight is 296 g/mol. The number of carbonyl (C=O) groups is 1. The zero-order chi connectivity index (χ0) is 15.9. The lowest BCUT2D eigenvalue weighted by atomic mass is 10.1. The van der Waals surface area contributed by atoms with Crippen molar-refractivity contribution >= 4 is 17.5 Å². The van der Waals surface area contributed by atoms with Gasteiger partial charge in [0.1, 0.15) is 5.84 Å². The van der Waals surface area contributed by atoms with Crippen molar-refractivity contribution in [2.45, 2.75) is 13.8 Å². The summed E-state index contributed by atoms with van der Waals surface area (Å²) in [7, 11) is 0. The maximum Gasteiger partial charge on any atom is 0.338 e. The molecule has 0 aliphatic carbocycles. The minimum absolute atomic E-state index is 0.337. The van der Waals surface area contributed by atoms with Crippen LogP contribution in [0.3, 0.4) is 0 Å². The smallest absolute Gasteiger partial charge is 0.338 e. The molecule has 4 nitrogen and oxygen atoms in total. The summed E-state index contributed by atoms with van der Waals surface area (Å²) in [5.74, 6) is 0.0695. The van der Waals surface area contributed by atoms with E-state index < -0.39 is 0 Å². The first-order valence-electron chi connectivity index (χ1n) is 7.36. The molecule has 0 amide bonds. The SMILES string of the molecule is CCOC(=O)c1ccc(C(=N)N(CC)c2ccccc2)cc1. The van der Waals surface area contributed by atoms with E-state index in [4.69, 9.17) is 10.1 Å². The lowest BCUT2D eigenvalue weighted by Gasteiger charge is -2.23. The number of para-hydroxylation sites is 1. The summed E-state index contributed by atoms with van der Waals surface area (Å²) in [5, 5.41) is 8.39. The van der Waals surface area contributed by atoms with E-state index in [0.717, 1.165) is 11.3 Å². The van der Waals surface area contributed by atoms with Gasteiger partial charge in [-0.15, -0.1) is 0 Å². The Hall–Kier alpha value is -2.62. The fourth-order valence-electron chi connectivity index (χ4n) is 2.21. The summed E-state index contributed by atoms with van der Waals surface area (Å²) in [6.07, 6.45) is 0. The zero-order valence-corrected chi connectivity index (χ0v) is 12.9. The van der Waals surface area contributed by atoms with Gasteiger partial charge in [-0.2, -0.15) is 0 Å².